The van der Waals surface area contributed by atoms with Crippen LogP contribution in [0.4, 0.5) is 11.4 Å². The van der Waals surface area contributed by atoms with E-state index in [1.807, 2.05) is 6.07 Å². The zero-order chi connectivity index (χ0) is 13.9. The first-order valence-corrected chi connectivity index (χ1v) is 6.53. The summed E-state index contributed by atoms with van der Waals surface area (Å²) in [5.74, 6) is 0. The Morgan fingerprint density at radius 2 is 2.26 bits per heavy atom. The van der Waals surface area contributed by atoms with Crippen LogP contribution in [0.25, 0.3) is 0 Å². The number of nitrogens with one attached hydrogen (secondary N) is 1. The quantitative estimate of drug-likeness (QED) is 0.648. The molecule has 5 heteroatoms. The Morgan fingerprint density at radius 1 is 1.53 bits per heavy atom. The summed E-state index contributed by atoms with van der Waals surface area (Å²) >= 11 is 0. The van der Waals surface area contributed by atoms with Crippen molar-refractivity contribution in [2.24, 2.45) is 5.41 Å². The SMILES string of the molecule is CCC1(CNc2ccc(C#N)c([N+](=O)[O-])c2)CCC1. The Balaban J connectivity index is 2.11. The summed E-state index contributed by atoms with van der Waals surface area (Å²) in [6.07, 6.45) is 4.82. The maximum absolute atomic E-state index is 10.9. The monoisotopic (exact) mass is 259 g/mol. The van der Waals surface area contributed by atoms with E-state index in [4.69, 9.17) is 5.26 Å². The van der Waals surface area contributed by atoms with Crippen molar-refractivity contribution >= 4 is 11.4 Å². The van der Waals surface area contributed by atoms with E-state index < -0.39 is 4.92 Å². The third kappa shape index (κ3) is 2.68. The lowest BCUT2D eigenvalue weighted by Gasteiger charge is -2.41. The van der Waals surface area contributed by atoms with Gasteiger partial charge in [0.1, 0.15) is 11.6 Å². The van der Waals surface area contributed by atoms with E-state index >= 15 is 0 Å². The van der Waals surface area contributed by atoms with E-state index in [-0.39, 0.29) is 11.3 Å². The number of nitriles is 1. The van der Waals surface area contributed by atoms with Crippen molar-refractivity contribution in [3.8, 4) is 6.07 Å². The zero-order valence-electron chi connectivity index (χ0n) is 11.0. The van der Waals surface area contributed by atoms with Crippen molar-refractivity contribution in [3.63, 3.8) is 0 Å². The normalized spacial score (nSPS) is 16.2. The Kier molecular flexibility index (Phi) is 3.70. The number of rotatable bonds is 5. The van der Waals surface area contributed by atoms with Gasteiger partial charge in [-0.3, -0.25) is 10.1 Å². The van der Waals surface area contributed by atoms with Crippen LogP contribution in [0.3, 0.4) is 0 Å². The molecule has 1 saturated carbocycles. The molecular formula is C14H17N3O2. The van der Waals surface area contributed by atoms with E-state index in [0.29, 0.717) is 11.1 Å². The molecule has 0 bridgehead atoms. The summed E-state index contributed by atoms with van der Waals surface area (Å²) in [7, 11) is 0. The molecule has 1 fully saturated rings. The molecule has 0 atom stereocenters. The lowest BCUT2D eigenvalue weighted by Crippen LogP contribution is -2.35. The first-order valence-electron chi connectivity index (χ1n) is 6.53. The predicted molar refractivity (Wildman–Crippen MR) is 72.9 cm³/mol. The highest BCUT2D eigenvalue weighted by atomic mass is 16.6. The molecule has 0 radical (unpaired) electrons. The number of hydrogen-bond acceptors (Lipinski definition) is 4. The summed E-state index contributed by atoms with van der Waals surface area (Å²) in [5, 5.41) is 23.0. The molecular weight excluding hydrogens is 242 g/mol. The molecule has 1 aromatic carbocycles. The second kappa shape index (κ2) is 5.27. The summed E-state index contributed by atoms with van der Waals surface area (Å²) in [5.41, 5.74) is 1.03. The fourth-order valence-corrected chi connectivity index (χ4v) is 2.51. The van der Waals surface area contributed by atoms with Gasteiger partial charge in [-0.05, 0) is 36.8 Å². The van der Waals surface area contributed by atoms with E-state index in [0.717, 1.165) is 13.0 Å². The van der Waals surface area contributed by atoms with Gasteiger partial charge in [0.15, 0.2) is 0 Å². The largest absolute Gasteiger partial charge is 0.384 e. The van der Waals surface area contributed by atoms with Crippen LogP contribution in [0.2, 0.25) is 0 Å². The standard InChI is InChI=1S/C14H17N3O2/c1-2-14(6-3-7-14)10-16-12-5-4-11(9-15)13(8-12)17(18)19/h4-5,8,16H,2-3,6-7,10H2,1H3. The second-order valence-electron chi connectivity index (χ2n) is 5.16. The van der Waals surface area contributed by atoms with Gasteiger partial charge < -0.3 is 5.32 Å². The lowest BCUT2D eigenvalue weighted by atomic mass is 9.67. The van der Waals surface area contributed by atoms with Crippen LogP contribution < -0.4 is 5.32 Å². The minimum absolute atomic E-state index is 0.101. The highest BCUT2D eigenvalue weighted by Gasteiger charge is 2.34. The minimum atomic E-state index is -0.511. The van der Waals surface area contributed by atoms with Gasteiger partial charge in [0.2, 0.25) is 0 Å². The maximum Gasteiger partial charge on any atom is 0.289 e. The lowest BCUT2D eigenvalue weighted by molar-refractivity contribution is -0.385. The van der Waals surface area contributed by atoms with Crippen LogP contribution in [-0.2, 0) is 0 Å². The minimum Gasteiger partial charge on any atom is -0.384 e. The van der Waals surface area contributed by atoms with Crippen LogP contribution in [0.5, 0.6) is 0 Å². The average Bonchev–Trinajstić information content (AvgIpc) is 2.37. The van der Waals surface area contributed by atoms with Gasteiger partial charge in [-0.1, -0.05) is 13.3 Å². The molecule has 0 aromatic heterocycles. The Labute approximate surface area is 112 Å². The maximum atomic E-state index is 10.9. The number of nitro groups is 1. The molecule has 1 aliphatic carbocycles. The van der Waals surface area contributed by atoms with Gasteiger partial charge >= 0.3 is 0 Å². The van der Waals surface area contributed by atoms with Gasteiger partial charge in [0, 0.05) is 18.3 Å². The molecule has 0 spiro atoms. The van der Waals surface area contributed by atoms with Gasteiger partial charge in [-0.15, -0.1) is 0 Å². The highest BCUT2D eigenvalue weighted by Crippen LogP contribution is 2.43. The third-order valence-corrected chi connectivity index (χ3v) is 4.15. The number of nitrogens with zero attached hydrogens (tertiary/aromatic N) is 2. The zero-order valence-corrected chi connectivity index (χ0v) is 11.0. The van der Waals surface area contributed by atoms with Crippen LogP contribution in [0, 0.1) is 26.9 Å². The van der Waals surface area contributed by atoms with Crippen molar-refractivity contribution in [2.75, 3.05) is 11.9 Å². The molecule has 100 valence electrons. The molecule has 0 saturated heterocycles. The fraction of sp³-hybridized carbons (Fsp3) is 0.500. The molecule has 0 amide bonds. The van der Waals surface area contributed by atoms with E-state index in [1.165, 1.54) is 31.4 Å². The van der Waals surface area contributed by atoms with Crippen molar-refractivity contribution in [3.05, 3.63) is 33.9 Å². The van der Waals surface area contributed by atoms with Crippen molar-refractivity contribution in [1.82, 2.24) is 0 Å². The first kappa shape index (κ1) is 13.3. The van der Waals surface area contributed by atoms with Crippen molar-refractivity contribution in [2.45, 2.75) is 32.6 Å². The molecule has 0 aliphatic heterocycles. The van der Waals surface area contributed by atoms with Crippen molar-refractivity contribution in [1.29, 1.82) is 5.26 Å². The average molecular weight is 259 g/mol. The number of hydrogen-bond donors (Lipinski definition) is 1. The molecule has 1 aromatic rings. The van der Waals surface area contributed by atoms with Crippen LogP contribution in [0.1, 0.15) is 38.2 Å². The van der Waals surface area contributed by atoms with E-state index in [9.17, 15) is 10.1 Å². The number of anilines is 1. The topological polar surface area (TPSA) is 79.0 Å². The molecule has 0 heterocycles. The van der Waals surface area contributed by atoms with Crippen LogP contribution in [-0.4, -0.2) is 11.5 Å². The molecule has 1 N–H and O–H groups in total. The summed E-state index contributed by atoms with van der Waals surface area (Å²) in [4.78, 5) is 10.4. The Morgan fingerprint density at radius 3 is 2.74 bits per heavy atom. The second-order valence-corrected chi connectivity index (χ2v) is 5.16. The van der Waals surface area contributed by atoms with Crippen molar-refractivity contribution < 1.29 is 4.92 Å². The smallest absolute Gasteiger partial charge is 0.289 e. The molecule has 2 rings (SSSR count). The fourth-order valence-electron chi connectivity index (χ4n) is 2.51. The Hall–Kier alpha value is -2.09. The van der Waals surface area contributed by atoms with Gasteiger partial charge in [-0.25, -0.2) is 0 Å². The summed E-state index contributed by atoms with van der Waals surface area (Å²) < 4.78 is 0. The molecule has 19 heavy (non-hydrogen) atoms. The first-order chi connectivity index (χ1) is 9.10. The van der Waals surface area contributed by atoms with Crippen LogP contribution in [0.15, 0.2) is 18.2 Å². The van der Waals surface area contributed by atoms with E-state index in [2.05, 4.69) is 12.2 Å². The highest BCUT2D eigenvalue weighted by molar-refractivity contribution is 5.59. The van der Waals surface area contributed by atoms with E-state index in [1.54, 1.807) is 6.07 Å². The number of nitro benzene ring substituents is 1. The third-order valence-electron chi connectivity index (χ3n) is 4.15. The predicted octanol–water partition coefficient (Wildman–Crippen LogP) is 3.46. The Bertz CT molecular complexity index is 524. The number of benzene rings is 1. The summed E-state index contributed by atoms with van der Waals surface area (Å²) in [6, 6.07) is 6.52. The van der Waals surface area contributed by atoms with Gasteiger partial charge in [0.25, 0.3) is 5.69 Å². The van der Waals surface area contributed by atoms with Gasteiger partial charge in [-0.2, -0.15) is 5.26 Å². The molecule has 5 nitrogen and oxygen atoms in total. The molecule has 1 aliphatic rings. The van der Waals surface area contributed by atoms with Crippen LogP contribution >= 0.6 is 0 Å². The van der Waals surface area contributed by atoms with Gasteiger partial charge in [0.05, 0.1) is 4.92 Å². The molecule has 0 unspecified atom stereocenters. The summed E-state index contributed by atoms with van der Waals surface area (Å²) in [6.45, 7) is 3.02.